The average molecular weight is 425 g/mol. The van der Waals surface area contributed by atoms with Crippen LogP contribution in [0.3, 0.4) is 0 Å². The summed E-state index contributed by atoms with van der Waals surface area (Å²) in [6, 6.07) is 1.34. The zero-order chi connectivity index (χ0) is 21.8. The second-order valence-corrected chi connectivity index (χ2v) is 13.3. The average Bonchev–Trinajstić information content (AvgIpc) is 3.31. The minimum absolute atomic E-state index is 0.345. The molecule has 1 saturated heterocycles. The number of rotatable bonds is 3. The highest BCUT2D eigenvalue weighted by Gasteiger charge is 2.78. The lowest BCUT2D eigenvalue weighted by atomic mass is 9.46. The van der Waals surface area contributed by atoms with E-state index in [1.165, 1.54) is 57.9 Å². The number of nitrogens with zero attached hydrogens (tertiary/aromatic N) is 2. The molecule has 5 fully saturated rings. The molecule has 4 saturated carbocycles. The molecule has 5 aliphatic carbocycles. The molecule has 1 aliphatic heterocycles. The Balaban J connectivity index is 1.23. The van der Waals surface area contributed by atoms with E-state index in [1.54, 1.807) is 5.57 Å². The standard InChI is InChI=1S/C28H44N2O/c1-18(2)14-25(31)30(5)20-8-11-26(3)19(15-20)6-7-21-22(26)9-13-28-17-29(4)24-16-27(24,28)12-10-23(21)28/h6,18,20-24H,7-17H2,1-5H3/t20-,21+,22?,23?,24-,26-,27-,28?/m0/s1. The van der Waals surface area contributed by atoms with Crippen LogP contribution >= 0.6 is 0 Å². The molecule has 0 bridgehead atoms. The first kappa shape index (κ1) is 20.8. The molecule has 3 nitrogen and oxygen atoms in total. The molecular formula is C28H44N2O. The summed E-state index contributed by atoms with van der Waals surface area (Å²) >= 11 is 0. The van der Waals surface area contributed by atoms with Crippen LogP contribution in [0, 0.1) is 39.9 Å². The summed E-state index contributed by atoms with van der Waals surface area (Å²) in [6.45, 7) is 8.32. The van der Waals surface area contributed by atoms with Crippen LogP contribution < -0.4 is 0 Å². The number of hydrogen-bond donors (Lipinski definition) is 0. The van der Waals surface area contributed by atoms with Crippen LogP contribution in [-0.4, -0.2) is 48.4 Å². The Morgan fingerprint density at radius 2 is 1.90 bits per heavy atom. The third-order valence-corrected chi connectivity index (χ3v) is 11.8. The van der Waals surface area contributed by atoms with Gasteiger partial charge >= 0.3 is 0 Å². The lowest BCUT2D eigenvalue weighted by molar-refractivity contribution is -0.133. The molecule has 2 spiro atoms. The zero-order valence-corrected chi connectivity index (χ0v) is 20.6. The van der Waals surface area contributed by atoms with Crippen molar-refractivity contribution in [2.75, 3.05) is 20.6 Å². The number of carbonyl (C=O) groups is 1. The van der Waals surface area contributed by atoms with Crippen molar-refractivity contribution in [2.45, 2.75) is 97.1 Å². The maximum absolute atomic E-state index is 12.7. The summed E-state index contributed by atoms with van der Waals surface area (Å²) in [6.07, 6.45) is 15.8. The van der Waals surface area contributed by atoms with E-state index in [9.17, 15) is 4.79 Å². The number of fused-ring (bicyclic) bond motifs is 4. The summed E-state index contributed by atoms with van der Waals surface area (Å²) in [7, 11) is 4.48. The van der Waals surface area contributed by atoms with Crippen LogP contribution in [0.5, 0.6) is 0 Å². The van der Waals surface area contributed by atoms with Crippen molar-refractivity contribution in [3.8, 4) is 0 Å². The molecule has 31 heavy (non-hydrogen) atoms. The van der Waals surface area contributed by atoms with E-state index in [1.807, 2.05) is 0 Å². The van der Waals surface area contributed by atoms with Crippen molar-refractivity contribution in [3.05, 3.63) is 11.6 Å². The highest BCUT2D eigenvalue weighted by Crippen LogP contribution is 2.80. The van der Waals surface area contributed by atoms with Crippen LogP contribution in [0.4, 0.5) is 0 Å². The molecule has 0 radical (unpaired) electrons. The molecule has 3 heteroatoms. The van der Waals surface area contributed by atoms with E-state index < -0.39 is 0 Å². The predicted molar refractivity (Wildman–Crippen MR) is 126 cm³/mol. The number of allylic oxidation sites excluding steroid dienone is 1. The number of hydrogen-bond acceptors (Lipinski definition) is 2. The summed E-state index contributed by atoms with van der Waals surface area (Å²) < 4.78 is 0. The third kappa shape index (κ3) is 2.59. The van der Waals surface area contributed by atoms with Crippen molar-refractivity contribution in [1.29, 1.82) is 0 Å². The molecule has 8 atom stereocenters. The van der Waals surface area contributed by atoms with Crippen LogP contribution in [0.1, 0.15) is 85.0 Å². The fraction of sp³-hybridized carbons (Fsp3) is 0.893. The normalized spacial score (nSPS) is 50.1. The highest BCUT2D eigenvalue weighted by molar-refractivity contribution is 5.76. The molecule has 0 aromatic heterocycles. The van der Waals surface area contributed by atoms with Gasteiger partial charge in [-0.2, -0.15) is 0 Å². The minimum atomic E-state index is 0.345. The number of carbonyl (C=O) groups excluding carboxylic acids is 1. The maximum atomic E-state index is 12.7. The quantitative estimate of drug-likeness (QED) is 0.558. The summed E-state index contributed by atoms with van der Waals surface area (Å²) in [5, 5.41) is 0. The molecule has 172 valence electrons. The summed E-state index contributed by atoms with van der Waals surface area (Å²) in [5.74, 6) is 3.58. The van der Waals surface area contributed by atoms with Gasteiger partial charge in [-0.15, -0.1) is 0 Å². The SMILES string of the molecule is CC(C)CC(=O)N(C)[C@H]1CC[C@@]2(C)C(=CC[C@H]3C4CC[C@]56C[C@@H]5N(C)CC46CCC32)C1. The first-order chi connectivity index (χ1) is 14.7. The van der Waals surface area contributed by atoms with E-state index in [0.717, 1.165) is 35.6 Å². The lowest BCUT2D eigenvalue weighted by Crippen LogP contribution is -2.53. The Kier molecular flexibility index (Phi) is 4.43. The first-order valence-corrected chi connectivity index (χ1v) is 13.4. The maximum Gasteiger partial charge on any atom is 0.222 e. The van der Waals surface area contributed by atoms with Gasteiger partial charge in [0.2, 0.25) is 5.91 Å². The van der Waals surface area contributed by atoms with Gasteiger partial charge in [-0.1, -0.05) is 32.4 Å². The summed E-state index contributed by atoms with van der Waals surface area (Å²) in [4.78, 5) is 17.6. The molecule has 1 heterocycles. The van der Waals surface area contributed by atoms with E-state index >= 15 is 0 Å². The van der Waals surface area contributed by atoms with Crippen molar-refractivity contribution in [1.82, 2.24) is 9.80 Å². The Morgan fingerprint density at radius 3 is 2.65 bits per heavy atom. The first-order valence-electron chi connectivity index (χ1n) is 13.4. The smallest absolute Gasteiger partial charge is 0.222 e. The molecule has 0 aromatic rings. The van der Waals surface area contributed by atoms with Gasteiger partial charge in [0.1, 0.15) is 0 Å². The second-order valence-electron chi connectivity index (χ2n) is 13.3. The minimum Gasteiger partial charge on any atom is -0.342 e. The molecule has 0 N–H and O–H groups in total. The fourth-order valence-corrected chi connectivity index (χ4v) is 10.2. The third-order valence-electron chi connectivity index (χ3n) is 11.8. The van der Waals surface area contributed by atoms with Gasteiger partial charge in [-0.3, -0.25) is 4.79 Å². The van der Waals surface area contributed by atoms with Crippen LogP contribution in [0.15, 0.2) is 11.6 Å². The topological polar surface area (TPSA) is 23.6 Å². The fourth-order valence-electron chi connectivity index (χ4n) is 10.2. The van der Waals surface area contributed by atoms with Crippen LogP contribution in [-0.2, 0) is 4.79 Å². The molecule has 6 rings (SSSR count). The van der Waals surface area contributed by atoms with Gasteiger partial charge < -0.3 is 9.80 Å². The van der Waals surface area contributed by atoms with Crippen LogP contribution in [0.25, 0.3) is 0 Å². The Labute approximate surface area is 190 Å². The second kappa shape index (κ2) is 6.61. The van der Waals surface area contributed by atoms with E-state index in [4.69, 9.17) is 0 Å². The lowest BCUT2D eigenvalue weighted by Gasteiger charge is -2.59. The molecule has 0 aromatic carbocycles. The van der Waals surface area contributed by atoms with E-state index in [2.05, 4.69) is 50.7 Å². The molecule has 1 amide bonds. The zero-order valence-electron chi connectivity index (χ0n) is 20.6. The van der Waals surface area contributed by atoms with Crippen molar-refractivity contribution < 1.29 is 4.79 Å². The van der Waals surface area contributed by atoms with Gasteiger partial charge in [0.05, 0.1) is 0 Å². The largest absolute Gasteiger partial charge is 0.342 e. The Bertz CT molecular complexity index is 818. The van der Waals surface area contributed by atoms with E-state index in [-0.39, 0.29) is 0 Å². The monoisotopic (exact) mass is 424 g/mol. The molecule has 3 unspecified atom stereocenters. The Morgan fingerprint density at radius 1 is 1.16 bits per heavy atom. The van der Waals surface area contributed by atoms with Gasteiger partial charge in [0.25, 0.3) is 0 Å². The molecule has 6 aliphatic rings. The summed E-state index contributed by atoms with van der Waals surface area (Å²) in [5.41, 5.74) is 3.49. The number of amides is 1. The number of likely N-dealkylation sites (tertiary alicyclic amines) is 1. The van der Waals surface area contributed by atoms with Gasteiger partial charge in [-0.05, 0) is 105 Å². The van der Waals surface area contributed by atoms with Gasteiger partial charge in [-0.25, -0.2) is 0 Å². The predicted octanol–water partition coefficient (Wildman–Crippen LogP) is 5.51. The Hall–Kier alpha value is -0.830. The highest BCUT2D eigenvalue weighted by atomic mass is 16.2. The molecular weight excluding hydrogens is 380 g/mol. The van der Waals surface area contributed by atoms with Crippen molar-refractivity contribution >= 4 is 5.91 Å². The van der Waals surface area contributed by atoms with Crippen LogP contribution in [0.2, 0.25) is 0 Å². The number of piperidine rings is 1. The van der Waals surface area contributed by atoms with Crippen molar-refractivity contribution in [3.63, 3.8) is 0 Å². The van der Waals surface area contributed by atoms with Crippen molar-refractivity contribution in [2.24, 2.45) is 39.9 Å². The van der Waals surface area contributed by atoms with Gasteiger partial charge in [0, 0.05) is 32.1 Å². The van der Waals surface area contributed by atoms with Gasteiger partial charge in [0.15, 0.2) is 0 Å². The van der Waals surface area contributed by atoms with E-state index in [0.29, 0.717) is 35.1 Å².